The Morgan fingerprint density at radius 1 is 1.31 bits per heavy atom. The molecular weight excluding hydrogens is 228 g/mol. The predicted octanol–water partition coefficient (Wildman–Crippen LogP) is 2.86. The van der Waals surface area contributed by atoms with Crippen molar-refractivity contribution >= 4 is 12.1 Å². The van der Waals surface area contributed by atoms with Crippen LogP contribution in [-0.2, 0) is 6.18 Å². The van der Waals surface area contributed by atoms with Gasteiger partial charge in [0.2, 0.25) is 0 Å². The summed E-state index contributed by atoms with van der Waals surface area (Å²) >= 11 is 0. The molecule has 0 amide bonds. The molecule has 0 atom stereocenters. The van der Waals surface area contributed by atoms with Gasteiger partial charge >= 0.3 is 6.18 Å². The van der Waals surface area contributed by atoms with Gasteiger partial charge in [-0.1, -0.05) is 0 Å². The van der Waals surface area contributed by atoms with Gasteiger partial charge in [0, 0.05) is 5.56 Å². The quantitative estimate of drug-likeness (QED) is 0.448. The molecule has 0 unspecified atom stereocenters. The molecule has 0 saturated heterocycles. The van der Waals surface area contributed by atoms with Crippen LogP contribution < -0.4 is 0 Å². The average molecular weight is 234 g/mol. The summed E-state index contributed by atoms with van der Waals surface area (Å²) < 4.78 is 50.7. The third-order valence-corrected chi connectivity index (χ3v) is 1.97. The monoisotopic (exact) mass is 234 g/mol. The number of alkyl halides is 3. The van der Waals surface area contributed by atoms with Crippen molar-refractivity contribution < 1.29 is 27.2 Å². The minimum Gasteiger partial charge on any atom is -0.298 e. The SMILES string of the molecule is CC(=O)c1ccc(F)c(C=O)c1C(F)(F)F. The van der Waals surface area contributed by atoms with Gasteiger partial charge in [0.05, 0.1) is 11.1 Å². The summed E-state index contributed by atoms with van der Waals surface area (Å²) in [6, 6.07) is 1.38. The van der Waals surface area contributed by atoms with E-state index in [0.717, 1.165) is 6.92 Å². The number of benzene rings is 1. The van der Waals surface area contributed by atoms with Crippen molar-refractivity contribution in [2.75, 3.05) is 0 Å². The van der Waals surface area contributed by atoms with E-state index in [4.69, 9.17) is 0 Å². The highest BCUT2D eigenvalue weighted by molar-refractivity contribution is 5.98. The van der Waals surface area contributed by atoms with E-state index in [-0.39, 0.29) is 6.29 Å². The number of carbonyl (C=O) groups excluding carboxylic acids is 2. The Balaban J connectivity index is 3.67. The molecule has 1 aromatic carbocycles. The van der Waals surface area contributed by atoms with Crippen molar-refractivity contribution in [3.05, 3.63) is 34.6 Å². The van der Waals surface area contributed by atoms with Gasteiger partial charge in [0.1, 0.15) is 5.82 Å². The highest BCUT2D eigenvalue weighted by Crippen LogP contribution is 2.35. The van der Waals surface area contributed by atoms with Crippen LogP contribution in [0.4, 0.5) is 17.6 Å². The standard InChI is InChI=1S/C10H6F4O2/c1-5(16)6-2-3-8(11)7(4-15)9(6)10(12,13)14/h2-4H,1H3. The van der Waals surface area contributed by atoms with E-state index >= 15 is 0 Å². The molecule has 0 aliphatic heterocycles. The Kier molecular flexibility index (Phi) is 3.11. The number of hydrogen-bond acceptors (Lipinski definition) is 2. The van der Waals surface area contributed by atoms with E-state index in [9.17, 15) is 27.2 Å². The van der Waals surface area contributed by atoms with Crippen LogP contribution >= 0.6 is 0 Å². The van der Waals surface area contributed by atoms with Gasteiger partial charge in [0.15, 0.2) is 12.1 Å². The normalized spacial score (nSPS) is 11.3. The van der Waals surface area contributed by atoms with E-state index in [1.807, 2.05) is 0 Å². The van der Waals surface area contributed by atoms with E-state index in [0.29, 0.717) is 12.1 Å². The first kappa shape index (κ1) is 12.4. The summed E-state index contributed by atoms with van der Waals surface area (Å²) in [5.41, 5.74) is -3.37. The van der Waals surface area contributed by atoms with E-state index in [2.05, 4.69) is 0 Å². The lowest BCUT2D eigenvalue weighted by molar-refractivity contribution is -0.138. The number of Topliss-reactive ketones (excluding diaryl/α,β-unsaturated/α-hetero) is 1. The van der Waals surface area contributed by atoms with Crippen molar-refractivity contribution in [1.29, 1.82) is 0 Å². The maximum Gasteiger partial charge on any atom is 0.417 e. The van der Waals surface area contributed by atoms with Gasteiger partial charge in [-0.25, -0.2) is 4.39 Å². The number of aldehydes is 1. The lowest BCUT2D eigenvalue weighted by atomic mass is 9.98. The van der Waals surface area contributed by atoms with Gasteiger partial charge in [-0.2, -0.15) is 13.2 Å². The van der Waals surface area contributed by atoms with Crippen molar-refractivity contribution in [3.8, 4) is 0 Å². The van der Waals surface area contributed by atoms with Gasteiger partial charge in [-0.05, 0) is 19.1 Å². The third kappa shape index (κ3) is 2.10. The first-order chi connectivity index (χ1) is 7.29. The molecule has 1 rings (SSSR count). The van der Waals surface area contributed by atoms with Gasteiger partial charge in [0.25, 0.3) is 0 Å². The maximum atomic E-state index is 13.0. The molecule has 0 aromatic heterocycles. The molecule has 0 aliphatic rings. The summed E-state index contributed by atoms with van der Waals surface area (Å²) in [4.78, 5) is 21.4. The molecule has 0 aliphatic carbocycles. The average Bonchev–Trinajstić information content (AvgIpc) is 2.15. The Morgan fingerprint density at radius 3 is 2.25 bits per heavy atom. The highest BCUT2D eigenvalue weighted by atomic mass is 19.4. The number of rotatable bonds is 2. The zero-order valence-corrected chi connectivity index (χ0v) is 8.06. The molecule has 16 heavy (non-hydrogen) atoms. The fourth-order valence-corrected chi connectivity index (χ4v) is 1.31. The Bertz CT molecular complexity index is 449. The summed E-state index contributed by atoms with van der Waals surface area (Å²) in [6.07, 6.45) is -5.19. The van der Waals surface area contributed by atoms with Crippen LogP contribution in [0.5, 0.6) is 0 Å². The second-order valence-corrected chi connectivity index (χ2v) is 3.06. The smallest absolute Gasteiger partial charge is 0.298 e. The number of hydrogen-bond donors (Lipinski definition) is 0. The highest BCUT2D eigenvalue weighted by Gasteiger charge is 2.38. The third-order valence-electron chi connectivity index (χ3n) is 1.97. The molecule has 6 heteroatoms. The fourth-order valence-electron chi connectivity index (χ4n) is 1.31. The molecule has 0 bridgehead atoms. The molecule has 0 fully saturated rings. The van der Waals surface area contributed by atoms with Gasteiger partial charge < -0.3 is 0 Å². The van der Waals surface area contributed by atoms with E-state index < -0.39 is 34.5 Å². The largest absolute Gasteiger partial charge is 0.417 e. The van der Waals surface area contributed by atoms with E-state index in [1.54, 1.807) is 0 Å². The van der Waals surface area contributed by atoms with Crippen LogP contribution in [0.25, 0.3) is 0 Å². The lowest BCUT2D eigenvalue weighted by Crippen LogP contribution is -2.16. The predicted molar refractivity (Wildman–Crippen MR) is 46.8 cm³/mol. The van der Waals surface area contributed by atoms with Crippen LogP contribution in [0.1, 0.15) is 33.2 Å². The first-order valence-electron chi connectivity index (χ1n) is 4.15. The fraction of sp³-hybridized carbons (Fsp3) is 0.200. The Labute approximate surface area is 87.9 Å². The second-order valence-electron chi connectivity index (χ2n) is 3.06. The van der Waals surface area contributed by atoms with Gasteiger partial charge in [-0.3, -0.25) is 9.59 Å². The molecule has 2 nitrogen and oxygen atoms in total. The van der Waals surface area contributed by atoms with Gasteiger partial charge in [-0.15, -0.1) is 0 Å². The van der Waals surface area contributed by atoms with Crippen molar-refractivity contribution in [1.82, 2.24) is 0 Å². The molecular formula is C10H6F4O2. The minimum absolute atomic E-state index is 0.245. The second kappa shape index (κ2) is 4.03. The number of halogens is 4. The zero-order valence-electron chi connectivity index (χ0n) is 8.06. The summed E-state index contributed by atoms with van der Waals surface area (Å²) in [6.45, 7) is 0.914. The van der Waals surface area contributed by atoms with Crippen molar-refractivity contribution in [2.45, 2.75) is 13.1 Å². The molecule has 0 heterocycles. The Hall–Kier alpha value is -1.72. The lowest BCUT2D eigenvalue weighted by Gasteiger charge is -2.13. The summed E-state index contributed by atoms with van der Waals surface area (Å²) in [7, 11) is 0. The minimum atomic E-state index is -4.95. The summed E-state index contributed by atoms with van der Waals surface area (Å²) in [5.74, 6) is -2.18. The number of ketones is 1. The van der Waals surface area contributed by atoms with Crippen LogP contribution in [0.2, 0.25) is 0 Å². The molecule has 86 valence electrons. The molecule has 0 radical (unpaired) electrons. The van der Waals surface area contributed by atoms with Crippen LogP contribution in [-0.4, -0.2) is 12.1 Å². The Morgan fingerprint density at radius 2 is 1.88 bits per heavy atom. The summed E-state index contributed by atoms with van der Waals surface area (Å²) in [5, 5.41) is 0. The number of carbonyl (C=O) groups is 2. The van der Waals surface area contributed by atoms with E-state index in [1.165, 1.54) is 0 Å². The zero-order chi connectivity index (χ0) is 12.5. The first-order valence-corrected chi connectivity index (χ1v) is 4.15. The van der Waals surface area contributed by atoms with Crippen LogP contribution in [0.3, 0.4) is 0 Å². The van der Waals surface area contributed by atoms with Crippen LogP contribution in [0.15, 0.2) is 12.1 Å². The van der Waals surface area contributed by atoms with Crippen LogP contribution in [0, 0.1) is 5.82 Å². The molecule has 0 saturated carbocycles. The van der Waals surface area contributed by atoms with Crippen molar-refractivity contribution in [3.63, 3.8) is 0 Å². The molecule has 0 spiro atoms. The maximum absolute atomic E-state index is 13.0. The molecule has 0 N–H and O–H groups in total. The topological polar surface area (TPSA) is 34.1 Å². The molecule has 1 aromatic rings. The van der Waals surface area contributed by atoms with Crippen molar-refractivity contribution in [2.24, 2.45) is 0 Å².